The van der Waals surface area contributed by atoms with Gasteiger partial charge in [0, 0.05) is 19.6 Å². The van der Waals surface area contributed by atoms with Gasteiger partial charge in [0.25, 0.3) is 0 Å². The normalized spacial score (nSPS) is 14.0. The molecule has 0 aliphatic carbocycles. The van der Waals surface area contributed by atoms with E-state index in [1.54, 1.807) is 0 Å². The summed E-state index contributed by atoms with van der Waals surface area (Å²) in [5, 5.41) is 0. The van der Waals surface area contributed by atoms with Gasteiger partial charge in [0.2, 0.25) is 0 Å². The van der Waals surface area contributed by atoms with Crippen molar-refractivity contribution < 1.29 is 17.1 Å². The number of ether oxygens (including phenoxy) is 1. The zero-order chi connectivity index (χ0) is 15.4. The molecule has 0 unspecified atom stereocenters. The van der Waals surface area contributed by atoms with Gasteiger partial charge in [-0.05, 0) is 55.0 Å². The van der Waals surface area contributed by atoms with Gasteiger partial charge in [0.05, 0.1) is 6.61 Å². The summed E-state index contributed by atoms with van der Waals surface area (Å²) in [6.07, 6.45) is 2.25. The molecule has 3 rings (SSSR count). The number of aryl methyl sites for hydroxylation is 2. The molecule has 2 nitrogen and oxygen atoms in total. The highest BCUT2D eigenvalue weighted by atomic mass is 35.5. The maximum atomic E-state index is 5.95. The summed E-state index contributed by atoms with van der Waals surface area (Å²) in [7, 11) is 0. The first kappa shape index (κ1) is 17.8. The number of nitrogens with zero attached hydrogens (tertiary/aromatic N) is 1. The highest BCUT2D eigenvalue weighted by molar-refractivity contribution is 5.36. The first-order valence-electron chi connectivity index (χ1n) is 8.21. The Kier molecular flexibility index (Phi) is 6.49. The minimum Gasteiger partial charge on any atom is -1.00 e. The smallest absolute Gasteiger partial charge is 0.122 e. The Labute approximate surface area is 145 Å². The van der Waals surface area contributed by atoms with Crippen molar-refractivity contribution in [2.24, 2.45) is 0 Å². The fourth-order valence-corrected chi connectivity index (χ4v) is 3.08. The van der Waals surface area contributed by atoms with Gasteiger partial charge in [-0.3, -0.25) is 4.90 Å². The Balaban J connectivity index is 0.00000192. The summed E-state index contributed by atoms with van der Waals surface area (Å²) in [6.45, 7) is 8.37. The van der Waals surface area contributed by atoms with Crippen LogP contribution in [0.25, 0.3) is 0 Å². The number of rotatable bonds is 5. The number of hydrogen-bond donors (Lipinski definition) is 0. The monoisotopic (exact) mass is 330 g/mol. The fraction of sp³-hybridized carbons (Fsp3) is 0.400. The predicted molar refractivity (Wildman–Crippen MR) is 91.5 cm³/mol. The molecule has 0 atom stereocenters. The number of halogens is 1. The molecule has 3 heteroatoms. The lowest BCUT2D eigenvalue weighted by atomic mass is 10.00. The van der Waals surface area contributed by atoms with Crippen LogP contribution in [0, 0.1) is 13.8 Å². The fourth-order valence-electron chi connectivity index (χ4n) is 3.08. The van der Waals surface area contributed by atoms with Gasteiger partial charge in [-0.1, -0.05) is 36.4 Å². The van der Waals surface area contributed by atoms with E-state index in [2.05, 4.69) is 61.2 Å². The van der Waals surface area contributed by atoms with Gasteiger partial charge in [-0.15, -0.1) is 0 Å². The Morgan fingerprint density at radius 2 is 1.83 bits per heavy atom. The molecule has 1 aliphatic heterocycles. The lowest BCUT2D eigenvalue weighted by molar-refractivity contribution is -0.00000507. The number of fused-ring (bicyclic) bond motifs is 1. The molecule has 1 heterocycles. The second-order valence-corrected chi connectivity index (χ2v) is 6.27. The zero-order valence-corrected chi connectivity index (χ0v) is 14.8. The Bertz CT molecular complexity index is 641. The van der Waals surface area contributed by atoms with E-state index in [1.807, 2.05) is 0 Å². The topological polar surface area (TPSA) is 12.5 Å². The summed E-state index contributed by atoms with van der Waals surface area (Å²) >= 11 is 0. The second-order valence-electron chi connectivity index (χ2n) is 6.27. The van der Waals surface area contributed by atoms with Crippen molar-refractivity contribution in [2.75, 3.05) is 19.7 Å². The average molecular weight is 331 g/mol. The molecule has 124 valence electrons. The maximum Gasteiger partial charge on any atom is 0.122 e. The highest BCUT2D eigenvalue weighted by Crippen LogP contribution is 2.20. The van der Waals surface area contributed by atoms with Crippen LogP contribution in [0.3, 0.4) is 0 Å². The van der Waals surface area contributed by atoms with E-state index in [0.29, 0.717) is 0 Å². The molecule has 0 spiro atoms. The summed E-state index contributed by atoms with van der Waals surface area (Å²) in [5.74, 6) is 1.03. The molecule has 0 N–H and O–H groups in total. The SMILES string of the molecule is Cc1ccc(C)c(OCCCN2CCc3ccccc3C2)c1.[Cl-]. The first-order chi connectivity index (χ1) is 10.7. The summed E-state index contributed by atoms with van der Waals surface area (Å²) in [4.78, 5) is 2.54. The van der Waals surface area contributed by atoms with Gasteiger partial charge in [0.15, 0.2) is 0 Å². The first-order valence-corrected chi connectivity index (χ1v) is 8.21. The van der Waals surface area contributed by atoms with Crippen molar-refractivity contribution in [3.63, 3.8) is 0 Å². The molecule has 23 heavy (non-hydrogen) atoms. The van der Waals surface area contributed by atoms with Crippen LogP contribution in [-0.4, -0.2) is 24.6 Å². The van der Waals surface area contributed by atoms with Gasteiger partial charge in [-0.25, -0.2) is 0 Å². The lowest BCUT2D eigenvalue weighted by Gasteiger charge is -2.28. The summed E-state index contributed by atoms with van der Waals surface area (Å²) in [6, 6.07) is 15.2. The van der Waals surface area contributed by atoms with Gasteiger partial charge >= 0.3 is 0 Å². The van der Waals surface area contributed by atoms with Crippen LogP contribution in [0.15, 0.2) is 42.5 Å². The molecular weight excluding hydrogens is 306 g/mol. The average Bonchev–Trinajstić information content (AvgIpc) is 2.54. The van der Waals surface area contributed by atoms with Crippen LogP contribution in [0.1, 0.15) is 28.7 Å². The summed E-state index contributed by atoms with van der Waals surface area (Å²) < 4.78 is 5.95. The lowest BCUT2D eigenvalue weighted by Crippen LogP contribution is -3.00. The Morgan fingerprint density at radius 3 is 2.65 bits per heavy atom. The van der Waals surface area contributed by atoms with Crippen LogP contribution in [0.2, 0.25) is 0 Å². The van der Waals surface area contributed by atoms with Crippen molar-refractivity contribution in [3.05, 3.63) is 64.7 Å². The van der Waals surface area contributed by atoms with Gasteiger partial charge in [-0.2, -0.15) is 0 Å². The Morgan fingerprint density at radius 1 is 1.04 bits per heavy atom. The van der Waals surface area contributed by atoms with Crippen molar-refractivity contribution in [1.82, 2.24) is 4.90 Å². The van der Waals surface area contributed by atoms with Crippen LogP contribution >= 0.6 is 0 Å². The minimum absolute atomic E-state index is 0. The van der Waals surface area contributed by atoms with Crippen molar-refractivity contribution >= 4 is 0 Å². The third-order valence-electron chi connectivity index (χ3n) is 4.43. The van der Waals surface area contributed by atoms with Crippen molar-refractivity contribution in [2.45, 2.75) is 33.2 Å². The third-order valence-corrected chi connectivity index (χ3v) is 4.43. The van der Waals surface area contributed by atoms with E-state index in [0.717, 1.165) is 31.9 Å². The molecular formula is C20H25ClNO-. The molecule has 0 radical (unpaired) electrons. The number of benzene rings is 2. The highest BCUT2D eigenvalue weighted by Gasteiger charge is 2.14. The molecule has 0 amide bonds. The maximum absolute atomic E-state index is 5.95. The quantitative estimate of drug-likeness (QED) is 0.762. The molecule has 2 aromatic rings. The molecule has 0 saturated heterocycles. The van der Waals surface area contributed by atoms with E-state index < -0.39 is 0 Å². The van der Waals surface area contributed by atoms with Gasteiger partial charge < -0.3 is 17.1 Å². The van der Waals surface area contributed by atoms with Crippen molar-refractivity contribution in [3.8, 4) is 5.75 Å². The zero-order valence-electron chi connectivity index (χ0n) is 14.0. The van der Waals surface area contributed by atoms with E-state index in [9.17, 15) is 0 Å². The van der Waals surface area contributed by atoms with Crippen LogP contribution in [-0.2, 0) is 13.0 Å². The van der Waals surface area contributed by atoms with Crippen LogP contribution in [0.4, 0.5) is 0 Å². The standard InChI is InChI=1S/C20H25NO.ClH/c1-16-8-9-17(2)20(14-16)22-13-5-11-21-12-10-18-6-3-4-7-19(18)15-21;/h3-4,6-9,14H,5,10-13,15H2,1-2H3;1H/p-1. The van der Waals surface area contributed by atoms with E-state index in [4.69, 9.17) is 4.74 Å². The van der Waals surface area contributed by atoms with E-state index >= 15 is 0 Å². The molecule has 0 aromatic heterocycles. The Hall–Kier alpha value is -1.51. The minimum atomic E-state index is 0. The summed E-state index contributed by atoms with van der Waals surface area (Å²) in [5.41, 5.74) is 5.49. The molecule has 2 aromatic carbocycles. The van der Waals surface area contributed by atoms with Crippen molar-refractivity contribution in [1.29, 1.82) is 0 Å². The third kappa shape index (κ3) is 4.73. The predicted octanol–water partition coefficient (Wildman–Crippen LogP) is 1.13. The molecule has 0 bridgehead atoms. The molecule has 0 fully saturated rings. The van der Waals surface area contributed by atoms with Crippen LogP contribution < -0.4 is 17.1 Å². The van der Waals surface area contributed by atoms with Gasteiger partial charge in [0.1, 0.15) is 5.75 Å². The molecule has 1 aliphatic rings. The van der Waals surface area contributed by atoms with E-state index in [1.165, 1.54) is 35.2 Å². The van der Waals surface area contributed by atoms with Crippen LogP contribution in [0.5, 0.6) is 5.75 Å². The largest absolute Gasteiger partial charge is 1.00 e. The second kappa shape index (κ2) is 8.37. The number of hydrogen-bond acceptors (Lipinski definition) is 2. The van der Waals surface area contributed by atoms with E-state index in [-0.39, 0.29) is 12.4 Å². The molecule has 0 saturated carbocycles.